The number of fused-ring (bicyclic) bond motifs is 2. The summed E-state index contributed by atoms with van der Waals surface area (Å²) in [5.74, 6) is 1.18. The third-order valence-electron chi connectivity index (χ3n) is 9.59. The lowest BCUT2D eigenvalue weighted by Crippen LogP contribution is -2.02. The zero-order chi connectivity index (χ0) is 38.0. The first-order valence-electron chi connectivity index (χ1n) is 18.4. The Labute approximate surface area is 330 Å². The maximum atomic E-state index is 12.7. The van der Waals surface area contributed by atoms with E-state index in [1.165, 1.54) is 11.1 Å². The topological polar surface area (TPSA) is 76.4 Å². The molecule has 0 saturated heterocycles. The first-order chi connectivity index (χ1) is 27.0. The van der Waals surface area contributed by atoms with Gasteiger partial charge in [-0.25, -0.2) is 0 Å². The van der Waals surface area contributed by atoms with Crippen LogP contribution in [0, 0.1) is 11.3 Å². The summed E-state index contributed by atoms with van der Waals surface area (Å²) in [5, 5.41) is 9.53. The molecule has 2 aliphatic carbocycles. The second-order valence-electron chi connectivity index (χ2n) is 13.2. The Balaban J connectivity index is 0.000000169. The van der Waals surface area contributed by atoms with Crippen molar-refractivity contribution in [2.75, 3.05) is 13.2 Å². The van der Waals surface area contributed by atoms with Crippen LogP contribution in [0.2, 0.25) is 0 Å². The molecule has 270 valence electrons. The zero-order valence-electron chi connectivity index (χ0n) is 30.2. The van der Waals surface area contributed by atoms with E-state index in [1.807, 2.05) is 115 Å². The number of allylic oxidation sites excluding steroid dienone is 2. The molecular weight excluding hydrogens is 746 g/mol. The average molecular weight is 785 g/mol. The van der Waals surface area contributed by atoms with Gasteiger partial charge in [-0.2, -0.15) is 5.26 Å². The molecule has 55 heavy (non-hydrogen) atoms. The van der Waals surface area contributed by atoms with Gasteiger partial charge >= 0.3 is 0 Å². The minimum absolute atomic E-state index is 0.0126. The highest BCUT2D eigenvalue weighted by atomic mass is 79.9. The van der Waals surface area contributed by atoms with Gasteiger partial charge in [-0.05, 0) is 111 Å². The second kappa shape index (κ2) is 17.7. The minimum Gasteiger partial charge on any atom is -0.494 e. The van der Waals surface area contributed by atoms with E-state index in [1.54, 1.807) is 6.07 Å². The van der Waals surface area contributed by atoms with Crippen molar-refractivity contribution in [3.05, 3.63) is 212 Å². The molecule has 0 heterocycles. The van der Waals surface area contributed by atoms with Gasteiger partial charge in [-0.15, -0.1) is 0 Å². The molecule has 0 spiro atoms. The molecule has 0 fully saturated rings. The minimum atomic E-state index is -0.230. The van der Waals surface area contributed by atoms with Gasteiger partial charge in [0.15, 0.2) is 0 Å². The molecule has 2 aliphatic rings. The normalized spacial score (nSPS) is 12.8. The summed E-state index contributed by atoms with van der Waals surface area (Å²) in [6.45, 7) is 1.20. The van der Waals surface area contributed by atoms with Crippen molar-refractivity contribution in [1.29, 1.82) is 5.26 Å². The van der Waals surface area contributed by atoms with Crippen LogP contribution in [0.1, 0.15) is 66.9 Å². The summed E-state index contributed by atoms with van der Waals surface area (Å²) < 4.78 is 12.4. The lowest BCUT2D eigenvalue weighted by atomic mass is 9.98. The smallest absolute Gasteiger partial charge is 0.204 e. The van der Waals surface area contributed by atoms with Gasteiger partial charge in [0, 0.05) is 22.3 Å². The Morgan fingerprint density at radius 2 is 0.909 bits per heavy atom. The zero-order valence-corrected chi connectivity index (χ0v) is 31.8. The maximum Gasteiger partial charge on any atom is 0.204 e. The number of halogens is 1. The number of nitrogens with zero attached hydrogens (tertiary/aromatic N) is 1. The van der Waals surface area contributed by atoms with Crippen molar-refractivity contribution in [2.24, 2.45) is 0 Å². The molecular formula is C49H38BrNO4. The van der Waals surface area contributed by atoms with E-state index in [4.69, 9.17) is 9.47 Å². The molecule has 6 aromatic carbocycles. The molecule has 6 aromatic rings. The number of Topliss-reactive ketones (excluding diaryl/α,β-unsaturated/α-hetero) is 2. The van der Waals surface area contributed by atoms with E-state index >= 15 is 0 Å². The molecule has 8 rings (SSSR count). The standard InChI is InChI=1S/C25H19NO2.C24H19BrO2/c26-17-23-24(19-11-5-2-6-12-19)21-14-13-20(16-22(21)25(23)27)28-15-7-10-18-8-3-1-4-9-18;25-23-22(18-11-5-2-6-12-18)20-14-13-19(16-21(20)24(23)26)27-15-7-10-17-8-3-1-4-9-17/h1-6,8-9,11-14,16H,7,10,15H2;1-6,8-9,11-14,16H,7,10,15H2. The second-order valence-corrected chi connectivity index (χ2v) is 14.0. The van der Waals surface area contributed by atoms with Crippen LogP contribution in [0.4, 0.5) is 0 Å². The fourth-order valence-corrected chi connectivity index (χ4v) is 7.55. The largest absolute Gasteiger partial charge is 0.494 e. The Morgan fingerprint density at radius 1 is 0.491 bits per heavy atom. The average Bonchev–Trinajstić information content (AvgIpc) is 3.67. The molecule has 0 aromatic heterocycles. The fourth-order valence-electron chi connectivity index (χ4n) is 6.89. The summed E-state index contributed by atoms with van der Waals surface area (Å²) in [6, 6.07) is 53.6. The molecule has 0 radical (unpaired) electrons. The quantitative estimate of drug-likeness (QED) is 0.116. The molecule has 0 N–H and O–H groups in total. The lowest BCUT2D eigenvalue weighted by molar-refractivity contribution is 0.103. The van der Waals surface area contributed by atoms with Crippen LogP contribution >= 0.6 is 15.9 Å². The van der Waals surface area contributed by atoms with Gasteiger partial charge in [-0.1, -0.05) is 121 Å². The maximum absolute atomic E-state index is 12.7. The number of nitriles is 1. The monoisotopic (exact) mass is 783 g/mol. The Morgan fingerprint density at radius 3 is 1.38 bits per heavy atom. The number of carbonyl (C=O) groups is 2. The van der Waals surface area contributed by atoms with Crippen molar-refractivity contribution >= 4 is 38.6 Å². The number of aryl methyl sites for hydroxylation is 2. The number of carbonyl (C=O) groups excluding carboxylic acids is 2. The Kier molecular flexibility index (Phi) is 11.9. The summed E-state index contributed by atoms with van der Waals surface area (Å²) in [7, 11) is 0. The molecule has 0 unspecified atom stereocenters. The van der Waals surface area contributed by atoms with Gasteiger partial charge in [-0.3, -0.25) is 9.59 Å². The molecule has 0 bridgehead atoms. The van der Waals surface area contributed by atoms with Crippen LogP contribution in [0.25, 0.3) is 11.1 Å². The highest BCUT2D eigenvalue weighted by Crippen LogP contribution is 2.42. The van der Waals surface area contributed by atoms with Crippen LogP contribution in [0.5, 0.6) is 11.5 Å². The van der Waals surface area contributed by atoms with Crippen LogP contribution in [-0.2, 0) is 12.8 Å². The van der Waals surface area contributed by atoms with Crippen molar-refractivity contribution in [1.82, 2.24) is 0 Å². The first kappa shape index (κ1) is 37.0. The summed E-state index contributed by atoms with van der Waals surface area (Å²) in [6.07, 6.45) is 3.76. The van der Waals surface area contributed by atoms with Crippen molar-refractivity contribution in [3.8, 4) is 17.6 Å². The molecule has 0 amide bonds. The SMILES string of the molecule is N#CC1=C(c2ccccc2)c2ccc(OCCCc3ccccc3)cc2C1=O.O=C1C(Br)=C(c2ccccc2)c2ccc(OCCCc3ccccc3)cc21. The number of ether oxygens (including phenoxy) is 2. The van der Waals surface area contributed by atoms with E-state index < -0.39 is 0 Å². The lowest BCUT2D eigenvalue weighted by Gasteiger charge is -2.09. The van der Waals surface area contributed by atoms with Crippen LogP contribution < -0.4 is 9.47 Å². The Hall–Kier alpha value is -6.29. The third kappa shape index (κ3) is 8.59. The van der Waals surface area contributed by atoms with Gasteiger partial charge in [0.25, 0.3) is 0 Å². The van der Waals surface area contributed by atoms with Crippen LogP contribution in [0.3, 0.4) is 0 Å². The Bertz CT molecular complexity index is 2410. The number of benzene rings is 6. The van der Waals surface area contributed by atoms with E-state index in [0.29, 0.717) is 40.1 Å². The van der Waals surface area contributed by atoms with Gasteiger partial charge < -0.3 is 9.47 Å². The summed E-state index contributed by atoms with van der Waals surface area (Å²) in [5.41, 5.74) is 9.34. The van der Waals surface area contributed by atoms with Gasteiger partial charge in [0.1, 0.15) is 23.1 Å². The number of ketones is 2. The number of hydrogen-bond acceptors (Lipinski definition) is 5. The molecule has 0 saturated carbocycles. The fraction of sp³-hybridized carbons (Fsp3) is 0.122. The molecule has 0 aliphatic heterocycles. The van der Waals surface area contributed by atoms with E-state index in [9.17, 15) is 14.9 Å². The van der Waals surface area contributed by atoms with Crippen molar-refractivity contribution in [3.63, 3.8) is 0 Å². The van der Waals surface area contributed by atoms with Crippen LogP contribution in [-0.4, -0.2) is 24.8 Å². The van der Waals surface area contributed by atoms with Gasteiger partial charge in [0.05, 0.1) is 17.7 Å². The summed E-state index contributed by atoms with van der Waals surface area (Å²) in [4.78, 5) is 25.4. The first-order valence-corrected chi connectivity index (χ1v) is 19.2. The summed E-state index contributed by atoms with van der Waals surface area (Å²) >= 11 is 3.49. The predicted molar refractivity (Wildman–Crippen MR) is 222 cm³/mol. The highest BCUT2D eigenvalue weighted by molar-refractivity contribution is 9.12. The van der Waals surface area contributed by atoms with E-state index in [-0.39, 0.29) is 17.1 Å². The van der Waals surface area contributed by atoms with Gasteiger partial charge in [0.2, 0.25) is 11.6 Å². The van der Waals surface area contributed by atoms with Crippen LogP contribution in [0.15, 0.2) is 168 Å². The van der Waals surface area contributed by atoms with Crippen molar-refractivity contribution < 1.29 is 19.1 Å². The predicted octanol–water partition coefficient (Wildman–Crippen LogP) is 11.3. The highest BCUT2D eigenvalue weighted by Gasteiger charge is 2.31. The number of rotatable bonds is 12. The molecule has 6 heteroatoms. The van der Waals surface area contributed by atoms with E-state index in [0.717, 1.165) is 59.3 Å². The molecule has 0 atom stereocenters. The van der Waals surface area contributed by atoms with E-state index in [2.05, 4.69) is 58.4 Å². The third-order valence-corrected chi connectivity index (χ3v) is 10.3. The van der Waals surface area contributed by atoms with Crippen molar-refractivity contribution in [2.45, 2.75) is 25.7 Å². The molecule has 5 nitrogen and oxygen atoms in total. The number of hydrogen-bond donors (Lipinski definition) is 0.